The number of carboxylic acids is 1. The number of aromatic nitrogens is 1. The predicted octanol–water partition coefficient (Wildman–Crippen LogP) is 1.88. The van der Waals surface area contributed by atoms with E-state index in [2.05, 4.69) is 0 Å². The number of pyridine rings is 2. The van der Waals surface area contributed by atoms with Gasteiger partial charge < -0.3 is 20.5 Å². The second-order valence-electron chi connectivity index (χ2n) is 7.83. The molecule has 0 amide bonds. The van der Waals surface area contributed by atoms with Gasteiger partial charge in [-0.25, -0.2) is 9.18 Å². The van der Waals surface area contributed by atoms with Crippen molar-refractivity contribution in [3.63, 3.8) is 0 Å². The number of piperidine rings is 1. The zero-order chi connectivity index (χ0) is 20.2. The van der Waals surface area contributed by atoms with E-state index >= 15 is 4.39 Å². The van der Waals surface area contributed by atoms with E-state index in [-0.39, 0.29) is 23.6 Å². The van der Waals surface area contributed by atoms with Gasteiger partial charge in [0.25, 0.3) is 5.56 Å². The highest BCUT2D eigenvalue weighted by Crippen LogP contribution is 2.44. The first kappa shape index (κ1) is 18.9. The summed E-state index contributed by atoms with van der Waals surface area (Å²) in [7, 11) is 1.61. The van der Waals surface area contributed by atoms with Crippen molar-refractivity contribution < 1.29 is 19.0 Å². The molecule has 0 aromatic carbocycles. The van der Waals surface area contributed by atoms with Crippen molar-refractivity contribution in [1.29, 1.82) is 0 Å². The number of nitrogens with zero attached hydrogens (tertiary/aromatic N) is 2. The van der Waals surface area contributed by atoms with E-state index in [1.165, 1.54) is 6.07 Å². The van der Waals surface area contributed by atoms with Gasteiger partial charge in [0.1, 0.15) is 5.56 Å². The van der Waals surface area contributed by atoms with Crippen LogP contribution in [0, 0.1) is 12.7 Å². The number of ether oxygens (including phenoxy) is 1. The van der Waals surface area contributed by atoms with Crippen molar-refractivity contribution in [2.24, 2.45) is 5.73 Å². The summed E-state index contributed by atoms with van der Waals surface area (Å²) in [5.74, 6) is -1.67. The van der Waals surface area contributed by atoms with Crippen LogP contribution in [0.3, 0.4) is 0 Å². The topological polar surface area (TPSA) is 97.3 Å². The first-order valence-electron chi connectivity index (χ1n) is 9.46. The highest BCUT2D eigenvalue weighted by Gasteiger charge is 2.32. The van der Waals surface area contributed by atoms with Crippen LogP contribution >= 0.6 is 0 Å². The van der Waals surface area contributed by atoms with Gasteiger partial charge in [-0.1, -0.05) is 0 Å². The maximum Gasteiger partial charge on any atom is 0.341 e. The number of aryl methyl sites for hydroxylation is 1. The molecule has 150 valence electrons. The number of carboxylic acid groups (broad SMARTS) is 1. The average Bonchev–Trinajstić information content (AvgIpc) is 3.46. The predicted molar refractivity (Wildman–Crippen MR) is 103 cm³/mol. The third kappa shape index (κ3) is 3.06. The highest BCUT2D eigenvalue weighted by atomic mass is 19.1. The minimum Gasteiger partial charge on any atom is -0.477 e. The van der Waals surface area contributed by atoms with Crippen LogP contribution in [-0.4, -0.2) is 47.8 Å². The molecule has 0 spiro atoms. The molecular formula is C20H24FN3O4. The summed E-state index contributed by atoms with van der Waals surface area (Å²) in [5, 5.41) is 9.39. The Kier molecular flexibility index (Phi) is 4.63. The Morgan fingerprint density at radius 1 is 1.36 bits per heavy atom. The maximum absolute atomic E-state index is 15.2. The summed E-state index contributed by atoms with van der Waals surface area (Å²) in [6, 6.07) is 1.32. The monoisotopic (exact) mass is 389 g/mol. The second-order valence-corrected chi connectivity index (χ2v) is 7.83. The number of anilines is 1. The Morgan fingerprint density at radius 3 is 2.68 bits per heavy atom. The van der Waals surface area contributed by atoms with Gasteiger partial charge >= 0.3 is 5.97 Å². The fraction of sp³-hybridized carbons (Fsp3) is 0.500. The van der Waals surface area contributed by atoms with Crippen LogP contribution in [0.15, 0.2) is 17.1 Å². The van der Waals surface area contributed by atoms with Crippen LogP contribution in [0.5, 0.6) is 0 Å². The smallest absolute Gasteiger partial charge is 0.341 e. The molecule has 0 bridgehead atoms. The molecule has 0 unspecified atom stereocenters. The molecular weight excluding hydrogens is 365 g/mol. The number of rotatable bonds is 4. The number of hydrogen-bond acceptors (Lipinski definition) is 5. The molecule has 1 aliphatic carbocycles. The second kappa shape index (κ2) is 6.86. The van der Waals surface area contributed by atoms with E-state index in [0.29, 0.717) is 36.3 Å². The third-order valence-corrected chi connectivity index (χ3v) is 5.78. The van der Waals surface area contributed by atoms with Crippen LogP contribution in [0.2, 0.25) is 0 Å². The molecule has 2 aliphatic rings. The molecule has 8 heteroatoms. The van der Waals surface area contributed by atoms with E-state index in [4.69, 9.17) is 10.5 Å². The lowest BCUT2D eigenvalue weighted by atomic mass is 9.99. The number of hydrogen-bond donors (Lipinski definition) is 2. The molecule has 1 saturated carbocycles. The molecule has 28 heavy (non-hydrogen) atoms. The maximum atomic E-state index is 15.2. The number of nitrogens with two attached hydrogens (primary N) is 1. The van der Waals surface area contributed by atoms with E-state index in [1.54, 1.807) is 14.0 Å². The van der Waals surface area contributed by atoms with E-state index in [1.807, 2.05) is 4.90 Å². The van der Waals surface area contributed by atoms with Gasteiger partial charge in [-0.2, -0.15) is 0 Å². The fourth-order valence-electron chi connectivity index (χ4n) is 4.33. The zero-order valence-electron chi connectivity index (χ0n) is 15.9. The minimum absolute atomic E-state index is 0.0988. The molecule has 3 heterocycles. The molecule has 3 N–H and O–H groups in total. The Hall–Kier alpha value is -2.45. The zero-order valence-corrected chi connectivity index (χ0v) is 15.9. The lowest BCUT2D eigenvalue weighted by molar-refractivity contribution is 0.0694. The summed E-state index contributed by atoms with van der Waals surface area (Å²) < 4.78 is 21.8. The highest BCUT2D eigenvalue weighted by molar-refractivity contribution is 5.89. The number of fused-ring (bicyclic) bond motifs is 1. The number of carbonyl (C=O) groups is 1. The van der Waals surface area contributed by atoms with Crippen molar-refractivity contribution >= 4 is 17.2 Å². The van der Waals surface area contributed by atoms with Crippen LogP contribution in [0.1, 0.15) is 46.7 Å². The largest absolute Gasteiger partial charge is 0.477 e. The molecule has 7 nitrogen and oxygen atoms in total. The SMILES string of the molecule is CO[C@@H]1C[C@H](N)CN(c2c(F)cn3c(=O)c(C(=O)O)cc(C4CC4)c3c2C)C1. The summed E-state index contributed by atoms with van der Waals surface area (Å²) in [6.07, 6.45) is 3.58. The number of methoxy groups -OCH3 is 1. The molecule has 2 fully saturated rings. The normalized spacial score (nSPS) is 22.6. The molecule has 2 atom stereocenters. The number of aromatic carboxylic acids is 1. The number of halogens is 1. The Labute approximate surface area is 161 Å². The van der Waals surface area contributed by atoms with Crippen molar-refractivity contribution in [1.82, 2.24) is 4.40 Å². The molecule has 1 aliphatic heterocycles. The molecule has 1 saturated heterocycles. The van der Waals surface area contributed by atoms with E-state index < -0.39 is 17.3 Å². The van der Waals surface area contributed by atoms with Crippen molar-refractivity contribution in [2.75, 3.05) is 25.1 Å². The summed E-state index contributed by atoms with van der Waals surface area (Å²) >= 11 is 0. The Balaban J connectivity index is 1.95. The van der Waals surface area contributed by atoms with Gasteiger partial charge in [-0.05, 0) is 49.3 Å². The van der Waals surface area contributed by atoms with Crippen molar-refractivity contribution in [3.8, 4) is 0 Å². The first-order valence-corrected chi connectivity index (χ1v) is 9.46. The first-order chi connectivity index (χ1) is 13.3. The van der Waals surface area contributed by atoms with Gasteiger partial charge in [0, 0.05) is 26.2 Å². The summed E-state index contributed by atoms with van der Waals surface area (Å²) in [5.41, 5.74) is 7.52. The lowest BCUT2D eigenvalue weighted by Crippen LogP contribution is -2.50. The molecule has 4 rings (SSSR count). The van der Waals surface area contributed by atoms with Gasteiger partial charge in [0.05, 0.1) is 23.5 Å². The van der Waals surface area contributed by atoms with Crippen LogP contribution in [-0.2, 0) is 4.74 Å². The van der Waals surface area contributed by atoms with Crippen molar-refractivity contribution in [3.05, 3.63) is 45.1 Å². The lowest BCUT2D eigenvalue weighted by Gasteiger charge is -2.38. The standard InChI is InChI=1S/C20H24FN3O4/c1-10-17-14(11-3-4-11)6-15(20(26)27)19(25)24(17)9-16(21)18(10)23-7-12(22)5-13(8-23)28-2/h6,9,11-13H,3-5,7-8,22H2,1-2H3,(H,26,27)/t12-,13+/m0/s1. The Morgan fingerprint density at radius 2 is 2.07 bits per heavy atom. The summed E-state index contributed by atoms with van der Waals surface area (Å²) in [4.78, 5) is 26.1. The van der Waals surface area contributed by atoms with Crippen LogP contribution in [0.4, 0.5) is 10.1 Å². The van der Waals surface area contributed by atoms with Gasteiger partial charge in [0.2, 0.25) is 0 Å². The van der Waals surface area contributed by atoms with Gasteiger partial charge in [-0.15, -0.1) is 0 Å². The minimum atomic E-state index is -1.30. The van der Waals surface area contributed by atoms with Gasteiger partial charge in [-0.3, -0.25) is 9.20 Å². The molecule has 0 radical (unpaired) electrons. The average molecular weight is 389 g/mol. The molecule has 2 aromatic rings. The Bertz CT molecular complexity index is 1010. The van der Waals surface area contributed by atoms with Crippen LogP contribution < -0.4 is 16.2 Å². The van der Waals surface area contributed by atoms with Crippen LogP contribution in [0.25, 0.3) is 5.52 Å². The summed E-state index contributed by atoms with van der Waals surface area (Å²) in [6.45, 7) is 2.78. The van der Waals surface area contributed by atoms with E-state index in [9.17, 15) is 14.7 Å². The third-order valence-electron chi connectivity index (χ3n) is 5.78. The van der Waals surface area contributed by atoms with Gasteiger partial charge in [0.15, 0.2) is 5.82 Å². The quantitative estimate of drug-likeness (QED) is 0.829. The van der Waals surface area contributed by atoms with Crippen molar-refractivity contribution in [2.45, 2.75) is 44.2 Å². The fourth-order valence-corrected chi connectivity index (χ4v) is 4.33. The van der Waals surface area contributed by atoms with E-state index in [0.717, 1.165) is 29.0 Å². The molecule has 2 aromatic heterocycles.